The van der Waals surface area contributed by atoms with Gasteiger partial charge in [0.1, 0.15) is 5.75 Å². The maximum atomic E-state index is 13.2. The monoisotopic (exact) mass is 395 g/mol. The van der Waals surface area contributed by atoms with Crippen molar-refractivity contribution in [1.29, 1.82) is 0 Å². The van der Waals surface area contributed by atoms with Crippen LogP contribution in [0.1, 0.15) is 71.2 Å². The van der Waals surface area contributed by atoms with Crippen LogP contribution in [0, 0.1) is 5.41 Å². The minimum Gasteiger partial charge on any atom is -0.497 e. The predicted octanol–water partition coefficient (Wildman–Crippen LogP) is 6.17. The zero-order valence-electron chi connectivity index (χ0n) is 19.4. The number of hydrogen-bond acceptors (Lipinski definition) is 2. The quantitative estimate of drug-likeness (QED) is 0.585. The van der Waals surface area contributed by atoms with Crippen LogP contribution in [0.4, 0.5) is 0 Å². The van der Waals surface area contributed by atoms with Crippen LogP contribution >= 0.6 is 0 Å². The maximum absolute atomic E-state index is 13.2. The van der Waals surface area contributed by atoms with Gasteiger partial charge in [-0.2, -0.15) is 0 Å². The Labute approximate surface area is 177 Å². The van der Waals surface area contributed by atoms with Gasteiger partial charge in [-0.1, -0.05) is 77.9 Å². The predicted molar refractivity (Wildman–Crippen MR) is 121 cm³/mol. The topological polar surface area (TPSA) is 29.5 Å². The Morgan fingerprint density at radius 3 is 1.93 bits per heavy atom. The lowest BCUT2D eigenvalue weighted by molar-refractivity contribution is -0.141. The van der Waals surface area contributed by atoms with Gasteiger partial charge >= 0.3 is 0 Å². The van der Waals surface area contributed by atoms with Crippen molar-refractivity contribution in [3.8, 4) is 5.75 Å². The standard InChI is InChI=1S/C26H37NO2/c1-19(21-11-13-22(14-12-21)25(2,3)4)27(24(28)26(5,6)7)18-17-20-9-15-23(29-8)16-10-20/h9-16,19H,17-18H2,1-8H3. The lowest BCUT2D eigenvalue weighted by Gasteiger charge is -2.35. The van der Waals surface area contributed by atoms with Gasteiger partial charge < -0.3 is 9.64 Å². The van der Waals surface area contributed by atoms with Gasteiger partial charge in [-0.15, -0.1) is 0 Å². The molecule has 0 aromatic heterocycles. The van der Waals surface area contributed by atoms with E-state index < -0.39 is 5.41 Å². The summed E-state index contributed by atoms with van der Waals surface area (Å²) in [5.74, 6) is 1.03. The van der Waals surface area contributed by atoms with E-state index in [4.69, 9.17) is 4.74 Å². The number of ether oxygens (including phenoxy) is 1. The summed E-state index contributed by atoms with van der Waals surface area (Å²) in [5, 5.41) is 0. The first-order valence-corrected chi connectivity index (χ1v) is 10.5. The van der Waals surface area contributed by atoms with Gasteiger partial charge in [0.2, 0.25) is 5.91 Å². The zero-order valence-corrected chi connectivity index (χ0v) is 19.4. The van der Waals surface area contributed by atoms with Gasteiger partial charge in [0, 0.05) is 12.0 Å². The Bertz CT molecular complexity index is 793. The highest BCUT2D eigenvalue weighted by Gasteiger charge is 2.30. The second-order valence-corrected chi connectivity index (χ2v) is 9.89. The third-order valence-corrected chi connectivity index (χ3v) is 5.43. The molecule has 0 radical (unpaired) electrons. The molecule has 158 valence electrons. The molecule has 0 saturated heterocycles. The van der Waals surface area contributed by atoms with Crippen LogP contribution in [-0.2, 0) is 16.6 Å². The van der Waals surface area contributed by atoms with E-state index in [9.17, 15) is 4.79 Å². The van der Waals surface area contributed by atoms with Gasteiger partial charge in [0.15, 0.2) is 0 Å². The molecule has 2 rings (SSSR count). The second-order valence-electron chi connectivity index (χ2n) is 9.89. The highest BCUT2D eigenvalue weighted by atomic mass is 16.5. The number of nitrogens with zero attached hydrogens (tertiary/aromatic N) is 1. The summed E-state index contributed by atoms with van der Waals surface area (Å²) in [6.45, 7) is 15.4. The van der Waals surface area contributed by atoms with E-state index in [0.29, 0.717) is 6.54 Å². The summed E-state index contributed by atoms with van der Waals surface area (Å²) in [5.41, 5.74) is 3.38. The van der Waals surface area contributed by atoms with Gasteiger partial charge in [-0.05, 0) is 47.6 Å². The Balaban J connectivity index is 2.23. The van der Waals surface area contributed by atoms with Crippen LogP contribution in [0.3, 0.4) is 0 Å². The third kappa shape index (κ3) is 6.09. The van der Waals surface area contributed by atoms with E-state index in [-0.39, 0.29) is 17.4 Å². The van der Waals surface area contributed by atoms with E-state index in [1.54, 1.807) is 7.11 Å². The normalized spacial score (nSPS) is 13.1. The molecule has 29 heavy (non-hydrogen) atoms. The lowest BCUT2D eigenvalue weighted by Crippen LogP contribution is -2.42. The second kappa shape index (κ2) is 9.02. The van der Waals surface area contributed by atoms with Crippen LogP contribution in [-0.4, -0.2) is 24.5 Å². The fourth-order valence-corrected chi connectivity index (χ4v) is 3.39. The van der Waals surface area contributed by atoms with Crippen LogP contribution in [0.2, 0.25) is 0 Å². The first-order valence-electron chi connectivity index (χ1n) is 10.5. The molecule has 0 aliphatic carbocycles. The minimum atomic E-state index is -0.417. The molecule has 1 atom stereocenters. The van der Waals surface area contributed by atoms with E-state index in [2.05, 4.69) is 64.1 Å². The summed E-state index contributed by atoms with van der Waals surface area (Å²) < 4.78 is 5.24. The van der Waals surface area contributed by atoms with E-state index in [1.165, 1.54) is 16.7 Å². The zero-order chi connectivity index (χ0) is 21.8. The van der Waals surface area contributed by atoms with E-state index in [1.807, 2.05) is 37.8 Å². The highest BCUT2D eigenvalue weighted by Crippen LogP contribution is 2.29. The molecule has 0 aliphatic heterocycles. The summed E-state index contributed by atoms with van der Waals surface area (Å²) in [6, 6.07) is 16.8. The number of hydrogen-bond donors (Lipinski definition) is 0. The van der Waals surface area contributed by atoms with Crippen molar-refractivity contribution in [2.24, 2.45) is 5.41 Å². The molecule has 0 spiro atoms. The number of methoxy groups -OCH3 is 1. The molecule has 0 fully saturated rings. The molecule has 1 amide bonds. The van der Waals surface area contributed by atoms with Crippen LogP contribution < -0.4 is 4.74 Å². The van der Waals surface area contributed by atoms with Crippen molar-refractivity contribution < 1.29 is 9.53 Å². The number of amides is 1. The first kappa shape index (κ1) is 23.0. The summed E-state index contributed by atoms with van der Waals surface area (Å²) in [7, 11) is 1.67. The molecule has 2 aromatic carbocycles. The first-order chi connectivity index (χ1) is 13.4. The molecule has 0 aliphatic rings. The van der Waals surface area contributed by atoms with Crippen molar-refractivity contribution in [2.45, 2.75) is 66.3 Å². The molecule has 3 nitrogen and oxygen atoms in total. The molecule has 3 heteroatoms. The molecular formula is C26H37NO2. The van der Waals surface area contributed by atoms with Crippen molar-refractivity contribution in [2.75, 3.05) is 13.7 Å². The molecule has 0 heterocycles. The van der Waals surface area contributed by atoms with Gasteiger partial charge in [0.05, 0.1) is 13.2 Å². The van der Waals surface area contributed by atoms with E-state index in [0.717, 1.165) is 12.2 Å². The van der Waals surface area contributed by atoms with Gasteiger partial charge in [-0.25, -0.2) is 0 Å². The maximum Gasteiger partial charge on any atom is 0.228 e. The Morgan fingerprint density at radius 1 is 0.931 bits per heavy atom. The Morgan fingerprint density at radius 2 is 1.48 bits per heavy atom. The summed E-state index contributed by atoms with van der Waals surface area (Å²) in [6.07, 6.45) is 0.816. The van der Waals surface area contributed by atoms with Gasteiger partial charge in [0.25, 0.3) is 0 Å². The number of benzene rings is 2. The SMILES string of the molecule is COc1ccc(CCN(C(=O)C(C)(C)C)C(C)c2ccc(C(C)(C)C)cc2)cc1. The highest BCUT2D eigenvalue weighted by molar-refractivity contribution is 5.82. The average Bonchev–Trinajstić information content (AvgIpc) is 2.67. The smallest absolute Gasteiger partial charge is 0.228 e. The molecule has 0 N–H and O–H groups in total. The molecular weight excluding hydrogens is 358 g/mol. The molecule has 0 saturated carbocycles. The Kier molecular flexibility index (Phi) is 7.15. The van der Waals surface area contributed by atoms with Crippen LogP contribution in [0.25, 0.3) is 0 Å². The third-order valence-electron chi connectivity index (χ3n) is 5.43. The number of rotatable bonds is 6. The molecule has 1 unspecified atom stereocenters. The fraction of sp³-hybridized carbons (Fsp3) is 0.500. The Hall–Kier alpha value is -2.29. The number of carbonyl (C=O) groups excluding carboxylic acids is 1. The summed E-state index contributed by atoms with van der Waals surface area (Å²) >= 11 is 0. The lowest BCUT2D eigenvalue weighted by atomic mass is 9.86. The van der Waals surface area contributed by atoms with Crippen molar-refractivity contribution >= 4 is 5.91 Å². The number of carbonyl (C=O) groups is 1. The van der Waals surface area contributed by atoms with Crippen LogP contribution in [0.15, 0.2) is 48.5 Å². The molecule has 0 bridgehead atoms. The van der Waals surface area contributed by atoms with Crippen molar-refractivity contribution in [1.82, 2.24) is 4.90 Å². The van der Waals surface area contributed by atoms with Gasteiger partial charge in [-0.3, -0.25) is 4.79 Å². The van der Waals surface area contributed by atoms with E-state index >= 15 is 0 Å². The largest absolute Gasteiger partial charge is 0.497 e. The summed E-state index contributed by atoms with van der Waals surface area (Å²) in [4.78, 5) is 15.3. The fourth-order valence-electron chi connectivity index (χ4n) is 3.39. The average molecular weight is 396 g/mol. The van der Waals surface area contributed by atoms with Crippen molar-refractivity contribution in [3.63, 3.8) is 0 Å². The van der Waals surface area contributed by atoms with Crippen molar-refractivity contribution in [3.05, 3.63) is 65.2 Å². The molecule has 2 aromatic rings. The minimum absolute atomic E-state index is 0.0222. The van der Waals surface area contributed by atoms with Crippen LogP contribution in [0.5, 0.6) is 5.75 Å².